The molecule has 3 heterocycles. The summed E-state index contributed by atoms with van der Waals surface area (Å²) >= 11 is 0. The van der Waals surface area contributed by atoms with Gasteiger partial charge in [-0.15, -0.1) is 0 Å². The van der Waals surface area contributed by atoms with E-state index < -0.39 is 10.0 Å². The van der Waals surface area contributed by atoms with Crippen LogP contribution in [0.4, 0.5) is 0 Å². The van der Waals surface area contributed by atoms with Crippen molar-refractivity contribution < 1.29 is 8.42 Å². The van der Waals surface area contributed by atoms with Crippen LogP contribution in [-0.2, 0) is 16.6 Å². The van der Waals surface area contributed by atoms with Gasteiger partial charge in [0.25, 0.3) is 0 Å². The van der Waals surface area contributed by atoms with Crippen LogP contribution in [0.15, 0.2) is 41.8 Å². The van der Waals surface area contributed by atoms with Crippen molar-refractivity contribution in [1.82, 2.24) is 23.7 Å². The molecule has 23 heavy (non-hydrogen) atoms. The number of hydrogen-bond donors (Lipinski definition) is 0. The van der Waals surface area contributed by atoms with Crippen molar-refractivity contribution in [3.05, 3.63) is 42.7 Å². The molecule has 1 saturated heterocycles. The fourth-order valence-electron chi connectivity index (χ4n) is 2.73. The Kier molecular flexibility index (Phi) is 4.74. The maximum absolute atomic E-state index is 12.5. The summed E-state index contributed by atoms with van der Waals surface area (Å²) in [6.45, 7) is 6.28. The Morgan fingerprint density at radius 2 is 1.91 bits per heavy atom. The minimum Gasteiger partial charge on any atom is -0.334 e. The first-order valence-electron chi connectivity index (χ1n) is 7.67. The third kappa shape index (κ3) is 3.60. The van der Waals surface area contributed by atoms with E-state index in [1.54, 1.807) is 28.8 Å². The van der Waals surface area contributed by atoms with Crippen LogP contribution in [0.1, 0.15) is 5.82 Å². The summed E-state index contributed by atoms with van der Waals surface area (Å²) in [5.74, 6) is 1.00. The quantitative estimate of drug-likeness (QED) is 0.800. The standard InChI is InChI=1S/C15H21N5O2S/c1-14-17-5-6-19(14)10-7-18-8-11-20(12-9-18)23(21,22)15-3-2-4-16-13-15/h2-6,13H,7-12H2,1H3. The van der Waals surface area contributed by atoms with Gasteiger partial charge < -0.3 is 4.57 Å². The van der Waals surface area contributed by atoms with E-state index in [2.05, 4.69) is 19.4 Å². The maximum atomic E-state index is 12.5. The van der Waals surface area contributed by atoms with Crippen molar-refractivity contribution in [3.63, 3.8) is 0 Å². The highest BCUT2D eigenvalue weighted by molar-refractivity contribution is 7.89. The van der Waals surface area contributed by atoms with Gasteiger partial charge in [-0.2, -0.15) is 4.31 Å². The molecule has 2 aromatic rings. The first kappa shape index (κ1) is 16.1. The Morgan fingerprint density at radius 1 is 1.13 bits per heavy atom. The maximum Gasteiger partial charge on any atom is 0.244 e. The van der Waals surface area contributed by atoms with E-state index in [0.29, 0.717) is 13.1 Å². The van der Waals surface area contributed by atoms with Gasteiger partial charge in [-0.25, -0.2) is 13.4 Å². The summed E-state index contributed by atoms with van der Waals surface area (Å²) in [5, 5.41) is 0. The molecule has 0 aliphatic carbocycles. The van der Waals surface area contributed by atoms with Gasteiger partial charge in [0.15, 0.2) is 0 Å². The van der Waals surface area contributed by atoms with Crippen molar-refractivity contribution in [2.24, 2.45) is 0 Å². The van der Waals surface area contributed by atoms with Crippen molar-refractivity contribution >= 4 is 10.0 Å². The number of imidazole rings is 1. The van der Waals surface area contributed by atoms with Gasteiger partial charge in [-0.1, -0.05) is 0 Å². The minimum atomic E-state index is -3.42. The fourth-order valence-corrected chi connectivity index (χ4v) is 4.12. The van der Waals surface area contributed by atoms with Gasteiger partial charge >= 0.3 is 0 Å². The zero-order chi connectivity index (χ0) is 16.3. The number of piperazine rings is 1. The number of sulfonamides is 1. The summed E-state index contributed by atoms with van der Waals surface area (Å²) in [6, 6.07) is 3.24. The Bertz CT molecular complexity index is 736. The van der Waals surface area contributed by atoms with Crippen LogP contribution in [0.5, 0.6) is 0 Å². The predicted octanol–water partition coefficient (Wildman–Crippen LogP) is 0.593. The van der Waals surface area contributed by atoms with Crippen molar-refractivity contribution in [3.8, 4) is 0 Å². The van der Waals surface area contributed by atoms with E-state index >= 15 is 0 Å². The molecule has 8 heteroatoms. The zero-order valence-electron chi connectivity index (χ0n) is 13.2. The summed E-state index contributed by atoms with van der Waals surface area (Å²) < 4.78 is 28.7. The normalized spacial score (nSPS) is 17.4. The molecular formula is C15H21N5O2S. The number of rotatable bonds is 5. The van der Waals surface area contributed by atoms with E-state index in [-0.39, 0.29) is 4.90 Å². The molecule has 0 radical (unpaired) electrons. The molecule has 0 N–H and O–H groups in total. The first-order chi connectivity index (χ1) is 11.1. The minimum absolute atomic E-state index is 0.266. The largest absolute Gasteiger partial charge is 0.334 e. The summed E-state index contributed by atoms with van der Waals surface area (Å²) in [6.07, 6.45) is 6.75. The number of hydrogen-bond acceptors (Lipinski definition) is 5. The molecule has 3 rings (SSSR count). The lowest BCUT2D eigenvalue weighted by Gasteiger charge is -2.34. The average Bonchev–Trinajstić information content (AvgIpc) is 2.99. The van der Waals surface area contributed by atoms with Crippen molar-refractivity contribution in [2.45, 2.75) is 18.4 Å². The van der Waals surface area contributed by atoms with Crippen LogP contribution in [0.3, 0.4) is 0 Å². The lowest BCUT2D eigenvalue weighted by atomic mass is 10.3. The number of pyridine rings is 1. The molecule has 0 aromatic carbocycles. The van der Waals surface area contributed by atoms with Crippen LogP contribution >= 0.6 is 0 Å². The van der Waals surface area contributed by atoms with Gasteiger partial charge in [-0.3, -0.25) is 9.88 Å². The Hall–Kier alpha value is -1.77. The molecule has 1 fully saturated rings. The number of aryl methyl sites for hydroxylation is 1. The van der Waals surface area contributed by atoms with Crippen LogP contribution in [-0.4, -0.2) is 64.9 Å². The second-order valence-electron chi connectivity index (χ2n) is 5.60. The molecule has 0 amide bonds. The molecule has 1 aliphatic rings. The number of nitrogens with zero attached hydrogens (tertiary/aromatic N) is 5. The molecule has 0 bridgehead atoms. The number of aromatic nitrogens is 3. The van der Waals surface area contributed by atoms with E-state index in [4.69, 9.17) is 0 Å². The molecule has 7 nitrogen and oxygen atoms in total. The third-order valence-electron chi connectivity index (χ3n) is 4.18. The first-order valence-corrected chi connectivity index (χ1v) is 9.11. The molecule has 0 saturated carbocycles. The molecule has 0 unspecified atom stereocenters. The Labute approximate surface area is 136 Å². The Morgan fingerprint density at radius 3 is 2.52 bits per heavy atom. The monoisotopic (exact) mass is 335 g/mol. The van der Waals surface area contributed by atoms with Gasteiger partial charge in [0.05, 0.1) is 0 Å². The Balaban J connectivity index is 1.55. The molecule has 0 spiro atoms. The highest BCUT2D eigenvalue weighted by atomic mass is 32.2. The topological polar surface area (TPSA) is 71.3 Å². The van der Waals surface area contributed by atoms with Crippen molar-refractivity contribution in [2.75, 3.05) is 32.7 Å². The smallest absolute Gasteiger partial charge is 0.244 e. The van der Waals surface area contributed by atoms with E-state index in [1.807, 2.05) is 13.1 Å². The van der Waals surface area contributed by atoms with Crippen molar-refractivity contribution in [1.29, 1.82) is 0 Å². The third-order valence-corrected chi connectivity index (χ3v) is 6.07. The predicted molar refractivity (Wildman–Crippen MR) is 86.4 cm³/mol. The van der Waals surface area contributed by atoms with Crippen LogP contribution in [0, 0.1) is 6.92 Å². The highest BCUT2D eigenvalue weighted by Gasteiger charge is 2.28. The summed E-state index contributed by atoms with van der Waals surface area (Å²) in [5.41, 5.74) is 0. The molecule has 2 aromatic heterocycles. The van der Waals surface area contributed by atoms with E-state index in [9.17, 15) is 8.42 Å². The fraction of sp³-hybridized carbons (Fsp3) is 0.467. The van der Waals surface area contributed by atoms with Crippen LogP contribution < -0.4 is 0 Å². The zero-order valence-corrected chi connectivity index (χ0v) is 14.0. The second-order valence-corrected chi connectivity index (χ2v) is 7.54. The van der Waals surface area contributed by atoms with Gasteiger partial charge in [0, 0.05) is 64.1 Å². The van der Waals surface area contributed by atoms with E-state index in [0.717, 1.165) is 32.0 Å². The highest BCUT2D eigenvalue weighted by Crippen LogP contribution is 2.16. The van der Waals surface area contributed by atoms with Gasteiger partial charge in [-0.05, 0) is 19.1 Å². The second kappa shape index (κ2) is 6.77. The summed E-state index contributed by atoms with van der Waals surface area (Å²) in [4.78, 5) is 10.7. The lowest BCUT2D eigenvalue weighted by molar-refractivity contribution is 0.182. The van der Waals surface area contributed by atoms with E-state index in [1.165, 1.54) is 6.20 Å². The molecular weight excluding hydrogens is 314 g/mol. The van der Waals surface area contributed by atoms with Gasteiger partial charge in [0.2, 0.25) is 10.0 Å². The molecule has 1 aliphatic heterocycles. The molecule has 0 atom stereocenters. The lowest BCUT2D eigenvalue weighted by Crippen LogP contribution is -2.49. The SMILES string of the molecule is Cc1nccn1CCN1CCN(S(=O)(=O)c2cccnc2)CC1. The molecule has 124 valence electrons. The van der Waals surface area contributed by atoms with Crippen LogP contribution in [0.25, 0.3) is 0 Å². The van der Waals surface area contributed by atoms with Gasteiger partial charge in [0.1, 0.15) is 10.7 Å². The average molecular weight is 335 g/mol. The van der Waals surface area contributed by atoms with Crippen LogP contribution in [0.2, 0.25) is 0 Å². The summed E-state index contributed by atoms with van der Waals surface area (Å²) in [7, 11) is -3.42.